The van der Waals surface area contributed by atoms with Crippen LogP contribution in [0.3, 0.4) is 0 Å². The Hall–Kier alpha value is -2.37. The van der Waals surface area contributed by atoms with Gasteiger partial charge in [0.05, 0.1) is 5.52 Å². The highest BCUT2D eigenvalue weighted by molar-refractivity contribution is 5.89. The smallest absolute Gasteiger partial charge is 0.129 e. The lowest BCUT2D eigenvalue weighted by Crippen LogP contribution is -2.46. The highest BCUT2D eigenvalue weighted by Gasteiger charge is 2.42. The van der Waals surface area contributed by atoms with Crippen molar-refractivity contribution >= 4 is 10.9 Å². The molecule has 2 aliphatic rings. The first-order valence-corrected chi connectivity index (χ1v) is 10.6. The van der Waals surface area contributed by atoms with Crippen LogP contribution in [0, 0.1) is 5.82 Å². The van der Waals surface area contributed by atoms with Crippen LogP contribution in [0.25, 0.3) is 10.9 Å². The first-order valence-electron chi connectivity index (χ1n) is 10.6. The summed E-state index contributed by atoms with van der Waals surface area (Å²) in [5.74, 6) is -0.330. The maximum absolute atomic E-state index is 13.8. The van der Waals surface area contributed by atoms with Crippen molar-refractivity contribution in [3.8, 4) is 5.75 Å². The van der Waals surface area contributed by atoms with E-state index >= 15 is 0 Å². The number of hydrogen-bond acceptors (Lipinski definition) is 3. The largest absolute Gasteiger partial charge is 0.507 e. The number of phenolic OH excluding ortho intramolecular Hbond substituents is 1. The lowest BCUT2D eigenvalue weighted by molar-refractivity contribution is 0.124. The Bertz CT molecular complexity index is 1020. The standard InChI is InChI=1S/C24H28FN3O/c1-2-26-14-18(24-22(26)10-19(25)11-23(24)29)8-9-27-15-21-12-20(27)16-28(21)13-17-6-4-3-5-7-17/h3-7,10-11,14,20-21,29H,2,8-9,12-13,15-16H2,1H3. The van der Waals surface area contributed by atoms with Crippen LogP contribution in [0.1, 0.15) is 24.5 Å². The molecular weight excluding hydrogens is 365 g/mol. The number of aryl methyl sites for hydroxylation is 1. The Balaban J connectivity index is 1.26. The van der Waals surface area contributed by atoms with Gasteiger partial charge in [0.2, 0.25) is 0 Å². The number of nitrogens with zero attached hydrogens (tertiary/aromatic N) is 3. The summed E-state index contributed by atoms with van der Waals surface area (Å²) >= 11 is 0. The Labute approximate surface area is 171 Å². The molecule has 152 valence electrons. The number of fused-ring (bicyclic) bond motifs is 3. The molecule has 5 rings (SSSR count). The monoisotopic (exact) mass is 393 g/mol. The molecule has 0 amide bonds. The predicted octanol–water partition coefficient (Wildman–Crippen LogP) is 4.01. The van der Waals surface area contributed by atoms with Gasteiger partial charge in [-0.05, 0) is 37.0 Å². The van der Waals surface area contributed by atoms with E-state index in [-0.39, 0.29) is 11.6 Å². The second kappa shape index (κ2) is 7.47. The number of piperazine rings is 1. The maximum Gasteiger partial charge on any atom is 0.129 e. The number of aromatic hydroxyl groups is 1. The summed E-state index contributed by atoms with van der Waals surface area (Å²) in [6.07, 6.45) is 4.21. The molecule has 0 radical (unpaired) electrons. The minimum atomic E-state index is -0.385. The molecule has 29 heavy (non-hydrogen) atoms. The van der Waals surface area contributed by atoms with Gasteiger partial charge in [-0.15, -0.1) is 0 Å². The number of hydrogen-bond donors (Lipinski definition) is 1. The molecule has 2 fully saturated rings. The summed E-state index contributed by atoms with van der Waals surface area (Å²) in [4.78, 5) is 5.22. The Morgan fingerprint density at radius 1 is 1.07 bits per heavy atom. The van der Waals surface area contributed by atoms with Crippen molar-refractivity contribution < 1.29 is 9.50 Å². The normalized spacial score (nSPS) is 22.1. The van der Waals surface area contributed by atoms with Crippen LogP contribution in [0.4, 0.5) is 4.39 Å². The zero-order valence-electron chi connectivity index (χ0n) is 16.9. The van der Waals surface area contributed by atoms with E-state index < -0.39 is 0 Å². The zero-order valence-corrected chi connectivity index (χ0v) is 16.9. The van der Waals surface area contributed by atoms with Crippen molar-refractivity contribution in [3.05, 3.63) is 65.6 Å². The van der Waals surface area contributed by atoms with Crippen LogP contribution in [0.2, 0.25) is 0 Å². The van der Waals surface area contributed by atoms with Gasteiger partial charge >= 0.3 is 0 Å². The Morgan fingerprint density at radius 2 is 1.83 bits per heavy atom. The summed E-state index contributed by atoms with van der Waals surface area (Å²) < 4.78 is 15.8. The average molecular weight is 394 g/mol. The van der Waals surface area contributed by atoms with E-state index in [1.54, 1.807) is 0 Å². The maximum atomic E-state index is 13.8. The SMILES string of the molecule is CCn1cc(CCN2CC3CC2CN3Cc2ccccc2)c2c(O)cc(F)cc21. The van der Waals surface area contributed by atoms with Crippen molar-refractivity contribution in [2.45, 2.75) is 44.9 Å². The van der Waals surface area contributed by atoms with Gasteiger partial charge in [-0.2, -0.15) is 0 Å². The molecule has 2 saturated heterocycles. The molecule has 0 aliphatic carbocycles. The minimum absolute atomic E-state index is 0.0548. The van der Waals surface area contributed by atoms with Gasteiger partial charge in [0.25, 0.3) is 0 Å². The molecular formula is C24H28FN3O. The van der Waals surface area contributed by atoms with E-state index in [9.17, 15) is 9.50 Å². The van der Waals surface area contributed by atoms with Gasteiger partial charge in [-0.25, -0.2) is 4.39 Å². The quantitative estimate of drug-likeness (QED) is 0.687. The molecule has 3 aromatic rings. The minimum Gasteiger partial charge on any atom is -0.507 e. The first-order chi connectivity index (χ1) is 14.1. The molecule has 2 aliphatic heterocycles. The molecule has 4 nitrogen and oxygen atoms in total. The lowest BCUT2D eigenvalue weighted by Gasteiger charge is -2.34. The third kappa shape index (κ3) is 3.43. The molecule has 5 heteroatoms. The van der Waals surface area contributed by atoms with Crippen LogP contribution in [-0.2, 0) is 19.5 Å². The van der Waals surface area contributed by atoms with Gasteiger partial charge < -0.3 is 9.67 Å². The first kappa shape index (κ1) is 18.6. The van der Waals surface area contributed by atoms with Gasteiger partial charge in [-0.3, -0.25) is 9.80 Å². The number of aromatic nitrogens is 1. The van der Waals surface area contributed by atoms with Gasteiger partial charge in [0.15, 0.2) is 0 Å². The number of phenols is 1. The van der Waals surface area contributed by atoms with Crippen LogP contribution in [-0.4, -0.2) is 51.2 Å². The van der Waals surface area contributed by atoms with Crippen LogP contribution < -0.4 is 0 Å². The summed E-state index contributed by atoms with van der Waals surface area (Å²) in [6, 6.07) is 14.7. The summed E-state index contributed by atoms with van der Waals surface area (Å²) in [5.41, 5.74) is 3.29. The highest BCUT2D eigenvalue weighted by atomic mass is 19.1. The van der Waals surface area contributed by atoms with E-state index in [4.69, 9.17) is 0 Å². The fourth-order valence-corrected chi connectivity index (χ4v) is 5.29. The van der Waals surface area contributed by atoms with Crippen molar-refractivity contribution in [2.24, 2.45) is 0 Å². The highest BCUT2D eigenvalue weighted by Crippen LogP contribution is 2.34. The summed E-state index contributed by atoms with van der Waals surface area (Å²) in [7, 11) is 0. The van der Waals surface area contributed by atoms with Gasteiger partial charge in [0, 0.05) is 62.5 Å². The van der Waals surface area contributed by atoms with Gasteiger partial charge in [0.1, 0.15) is 11.6 Å². The Kier molecular flexibility index (Phi) is 4.80. The molecule has 2 aromatic carbocycles. The third-order valence-corrected chi connectivity index (χ3v) is 6.71. The van der Waals surface area contributed by atoms with Crippen molar-refractivity contribution in [1.29, 1.82) is 0 Å². The second-order valence-corrected chi connectivity index (χ2v) is 8.46. The van der Waals surface area contributed by atoms with Gasteiger partial charge in [-0.1, -0.05) is 30.3 Å². The van der Waals surface area contributed by atoms with Crippen molar-refractivity contribution in [1.82, 2.24) is 14.4 Å². The van der Waals surface area contributed by atoms with E-state index in [0.29, 0.717) is 12.1 Å². The molecule has 0 spiro atoms. The molecule has 1 N–H and O–H groups in total. The van der Waals surface area contributed by atoms with E-state index in [2.05, 4.69) is 46.3 Å². The average Bonchev–Trinajstić information content (AvgIpc) is 3.39. The topological polar surface area (TPSA) is 31.6 Å². The molecule has 2 atom stereocenters. The predicted molar refractivity (Wildman–Crippen MR) is 114 cm³/mol. The van der Waals surface area contributed by atoms with Crippen molar-refractivity contribution in [3.63, 3.8) is 0 Å². The molecule has 3 heterocycles. The zero-order chi connectivity index (χ0) is 20.0. The second-order valence-electron chi connectivity index (χ2n) is 8.46. The molecule has 0 saturated carbocycles. The molecule has 2 unspecified atom stereocenters. The number of benzene rings is 2. The molecule has 1 aromatic heterocycles. The van der Waals surface area contributed by atoms with E-state index in [1.165, 1.54) is 24.1 Å². The van der Waals surface area contributed by atoms with E-state index in [0.717, 1.165) is 55.6 Å². The fourth-order valence-electron chi connectivity index (χ4n) is 5.29. The van der Waals surface area contributed by atoms with Crippen molar-refractivity contribution in [2.75, 3.05) is 19.6 Å². The van der Waals surface area contributed by atoms with E-state index in [1.807, 2.05) is 11.5 Å². The molecule has 2 bridgehead atoms. The summed E-state index contributed by atoms with van der Waals surface area (Å²) in [6.45, 7) is 7.09. The Morgan fingerprint density at radius 3 is 2.55 bits per heavy atom. The van der Waals surface area contributed by atoms with Crippen LogP contribution in [0.15, 0.2) is 48.7 Å². The third-order valence-electron chi connectivity index (χ3n) is 6.71. The van der Waals surface area contributed by atoms with Crippen LogP contribution >= 0.6 is 0 Å². The van der Waals surface area contributed by atoms with Crippen LogP contribution in [0.5, 0.6) is 5.75 Å². The lowest BCUT2D eigenvalue weighted by atomic mass is 10.1. The number of halogens is 1. The number of likely N-dealkylation sites (tertiary alicyclic amines) is 2. The fraction of sp³-hybridized carbons (Fsp3) is 0.417. The summed E-state index contributed by atoms with van der Waals surface area (Å²) in [5, 5.41) is 11.1. The number of rotatable bonds is 6.